The summed E-state index contributed by atoms with van der Waals surface area (Å²) in [4.78, 5) is 4.31. The Hall–Kier alpha value is -2.26. The minimum atomic E-state index is -0.346. The van der Waals surface area contributed by atoms with Crippen molar-refractivity contribution in [2.45, 2.75) is 6.92 Å². The van der Waals surface area contributed by atoms with Crippen molar-refractivity contribution in [3.05, 3.63) is 77.1 Å². The quantitative estimate of drug-likeness (QED) is 0.556. The van der Waals surface area contributed by atoms with Gasteiger partial charge in [0.1, 0.15) is 16.8 Å². The van der Waals surface area contributed by atoms with Crippen LogP contribution in [0.2, 0.25) is 5.15 Å². The second-order valence-electron chi connectivity index (χ2n) is 4.98. The molecule has 0 atom stereocenters. The van der Waals surface area contributed by atoms with Crippen molar-refractivity contribution in [3.63, 3.8) is 0 Å². The second-order valence-corrected chi connectivity index (χ2v) is 5.34. The first-order valence-corrected chi connectivity index (χ1v) is 7.11. The summed E-state index contributed by atoms with van der Waals surface area (Å²) in [5.74, 6) is -0.666. The summed E-state index contributed by atoms with van der Waals surface area (Å²) in [6.07, 6.45) is 0. The lowest BCUT2D eigenvalue weighted by Crippen LogP contribution is -1.93. The van der Waals surface area contributed by atoms with E-state index in [1.54, 1.807) is 24.3 Å². The van der Waals surface area contributed by atoms with Crippen LogP contribution in [0, 0.1) is 18.6 Å². The van der Waals surface area contributed by atoms with Crippen LogP contribution in [0.15, 0.2) is 54.6 Å². The molecule has 0 saturated carbocycles. The smallest absolute Gasteiger partial charge is 0.137 e. The first-order valence-electron chi connectivity index (χ1n) is 6.73. The van der Waals surface area contributed by atoms with Crippen LogP contribution in [0.5, 0.6) is 0 Å². The highest BCUT2D eigenvalue weighted by Gasteiger charge is 2.12. The highest BCUT2D eigenvalue weighted by molar-refractivity contribution is 6.32. The molecule has 0 aliphatic rings. The Morgan fingerprint density at radius 3 is 1.91 bits per heavy atom. The Kier molecular flexibility index (Phi) is 3.90. The Balaban J connectivity index is 2.19. The molecule has 0 radical (unpaired) electrons. The Labute approximate surface area is 132 Å². The SMILES string of the molecule is Cc1nc(Cl)c(-c2cccc(F)c2)cc1-c1cccc(F)c1. The van der Waals surface area contributed by atoms with Crippen molar-refractivity contribution in [3.8, 4) is 22.3 Å². The standard InChI is InChI=1S/C18H12ClF2N/c1-11-16(12-4-2-6-14(20)8-12)10-17(18(19)22-11)13-5-3-7-15(21)9-13/h2-10H,1H3. The van der Waals surface area contributed by atoms with Gasteiger partial charge in [-0.25, -0.2) is 13.8 Å². The third-order valence-corrected chi connectivity index (χ3v) is 3.73. The number of aromatic nitrogens is 1. The molecular weight excluding hydrogens is 304 g/mol. The van der Waals surface area contributed by atoms with Crippen LogP contribution >= 0.6 is 11.6 Å². The highest BCUT2D eigenvalue weighted by atomic mass is 35.5. The summed E-state index contributed by atoms with van der Waals surface area (Å²) in [5.41, 5.74) is 3.42. The summed E-state index contributed by atoms with van der Waals surface area (Å²) in [6.45, 7) is 1.81. The Morgan fingerprint density at radius 2 is 1.36 bits per heavy atom. The van der Waals surface area contributed by atoms with Crippen molar-refractivity contribution in [1.29, 1.82) is 0 Å². The molecule has 3 rings (SSSR count). The normalized spacial score (nSPS) is 10.7. The largest absolute Gasteiger partial charge is 0.240 e. The molecule has 1 nitrogen and oxygen atoms in total. The van der Waals surface area contributed by atoms with Gasteiger partial charge in [0.15, 0.2) is 0 Å². The number of hydrogen-bond acceptors (Lipinski definition) is 1. The molecule has 22 heavy (non-hydrogen) atoms. The van der Waals surface area contributed by atoms with Gasteiger partial charge < -0.3 is 0 Å². The van der Waals surface area contributed by atoms with Crippen LogP contribution in [0.1, 0.15) is 5.69 Å². The van der Waals surface area contributed by atoms with Gasteiger partial charge in [-0.05, 0) is 48.4 Å². The number of pyridine rings is 1. The summed E-state index contributed by atoms with van der Waals surface area (Å²) >= 11 is 6.20. The molecular formula is C18H12ClF2N. The van der Waals surface area contributed by atoms with Gasteiger partial charge in [0.2, 0.25) is 0 Å². The van der Waals surface area contributed by atoms with E-state index in [0.717, 1.165) is 5.56 Å². The maximum Gasteiger partial charge on any atom is 0.137 e. The number of halogens is 3. The average molecular weight is 316 g/mol. The molecule has 0 N–H and O–H groups in total. The predicted molar refractivity (Wildman–Crippen MR) is 84.8 cm³/mol. The van der Waals surface area contributed by atoms with Gasteiger partial charge in [-0.3, -0.25) is 0 Å². The number of aryl methyl sites for hydroxylation is 1. The molecule has 0 aliphatic carbocycles. The van der Waals surface area contributed by atoms with Crippen LogP contribution < -0.4 is 0 Å². The van der Waals surface area contributed by atoms with Gasteiger partial charge in [0, 0.05) is 16.8 Å². The third kappa shape index (κ3) is 2.85. The van der Waals surface area contributed by atoms with E-state index in [9.17, 15) is 8.78 Å². The van der Waals surface area contributed by atoms with Gasteiger partial charge in [-0.2, -0.15) is 0 Å². The fraction of sp³-hybridized carbons (Fsp3) is 0.0556. The topological polar surface area (TPSA) is 12.9 Å². The molecule has 1 aromatic heterocycles. The fourth-order valence-electron chi connectivity index (χ4n) is 2.38. The Bertz CT molecular complexity index is 779. The third-order valence-electron chi connectivity index (χ3n) is 3.44. The van der Waals surface area contributed by atoms with E-state index < -0.39 is 0 Å². The van der Waals surface area contributed by atoms with E-state index in [4.69, 9.17) is 11.6 Å². The molecule has 0 bridgehead atoms. The maximum absolute atomic E-state index is 13.4. The molecule has 0 saturated heterocycles. The van der Waals surface area contributed by atoms with Crippen molar-refractivity contribution in [1.82, 2.24) is 4.98 Å². The van der Waals surface area contributed by atoms with Crippen molar-refractivity contribution < 1.29 is 8.78 Å². The van der Waals surface area contributed by atoms with Crippen molar-refractivity contribution in [2.75, 3.05) is 0 Å². The maximum atomic E-state index is 13.4. The minimum Gasteiger partial charge on any atom is -0.240 e. The van der Waals surface area contributed by atoms with Gasteiger partial charge in [-0.1, -0.05) is 35.9 Å². The van der Waals surface area contributed by atoms with Crippen molar-refractivity contribution in [2.24, 2.45) is 0 Å². The number of benzene rings is 2. The lowest BCUT2D eigenvalue weighted by Gasteiger charge is -2.11. The predicted octanol–water partition coefficient (Wildman–Crippen LogP) is 5.66. The lowest BCUT2D eigenvalue weighted by molar-refractivity contribution is 0.628. The Morgan fingerprint density at radius 1 is 0.818 bits per heavy atom. The minimum absolute atomic E-state index is 0.295. The summed E-state index contributed by atoms with van der Waals surface area (Å²) in [5, 5.41) is 0.295. The summed E-state index contributed by atoms with van der Waals surface area (Å²) < 4.78 is 26.9. The number of nitrogens with zero attached hydrogens (tertiary/aromatic N) is 1. The van der Waals surface area contributed by atoms with E-state index in [2.05, 4.69) is 4.98 Å². The van der Waals surface area contributed by atoms with E-state index in [1.165, 1.54) is 24.3 Å². The molecule has 1 heterocycles. The van der Waals surface area contributed by atoms with Crippen LogP contribution in [0.25, 0.3) is 22.3 Å². The van der Waals surface area contributed by atoms with Gasteiger partial charge in [0.25, 0.3) is 0 Å². The van der Waals surface area contributed by atoms with Gasteiger partial charge in [0.05, 0.1) is 0 Å². The summed E-state index contributed by atoms with van der Waals surface area (Å²) in [7, 11) is 0. The summed E-state index contributed by atoms with van der Waals surface area (Å²) in [6, 6.07) is 14.2. The van der Waals surface area contributed by atoms with Crippen LogP contribution in [0.4, 0.5) is 8.78 Å². The number of rotatable bonds is 2. The van der Waals surface area contributed by atoms with E-state index >= 15 is 0 Å². The van der Waals surface area contributed by atoms with Crippen LogP contribution in [0.3, 0.4) is 0 Å². The zero-order valence-electron chi connectivity index (χ0n) is 11.8. The van der Waals surface area contributed by atoms with Gasteiger partial charge >= 0.3 is 0 Å². The monoisotopic (exact) mass is 315 g/mol. The average Bonchev–Trinajstić information content (AvgIpc) is 2.47. The van der Waals surface area contributed by atoms with E-state index in [0.29, 0.717) is 27.5 Å². The highest BCUT2D eigenvalue weighted by Crippen LogP contribution is 2.33. The molecule has 0 unspecified atom stereocenters. The number of hydrogen-bond donors (Lipinski definition) is 0. The van der Waals surface area contributed by atoms with Crippen LogP contribution in [-0.4, -0.2) is 4.98 Å². The molecule has 0 fully saturated rings. The molecule has 0 aliphatic heterocycles. The van der Waals surface area contributed by atoms with Gasteiger partial charge in [-0.15, -0.1) is 0 Å². The molecule has 0 amide bonds. The van der Waals surface area contributed by atoms with Crippen LogP contribution in [-0.2, 0) is 0 Å². The molecule has 0 spiro atoms. The zero-order valence-corrected chi connectivity index (χ0v) is 12.5. The molecule has 4 heteroatoms. The molecule has 3 aromatic rings. The fourth-order valence-corrected chi connectivity index (χ4v) is 2.67. The molecule has 2 aromatic carbocycles. The second kappa shape index (κ2) is 5.85. The molecule has 110 valence electrons. The van der Waals surface area contributed by atoms with E-state index in [1.807, 2.05) is 13.0 Å². The first-order chi connectivity index (χ1) is 10.5. The van der Waals surface area contributed by atoms with Crippen molar-refractivity contribution >= 4 is 11.6 Å². The lowest BCUT2D eigenvalue weighted by atomic mass is 9.99. The van der Waals surface area contributed by atoms with E-state index in [-0.39, 0.29) is 11.6 Å². The first kappa shape index (κ1) is 14.7. The zero-order chi connectivity index (χ0) is 15.7.